The fraction of sp³-hybridized carbons (Fsp3) is 0. The van der Waals surface area contributed by atoms with E-state index in [-0.39, 0.29) is 0 Å². The number of fused-ring (bicyclic) bond motifs is 6. The first-order valence-corrected chi connectivity index (χ1v) is 21.0. The molecule has 0 bridgehead atoms. The number of hydrogen-bond acceptors (Lipinski definition) is 6. The number of hydrogen-bond donors (Lipinski definition) is 0. The molecule has 12 rings (SSSR count). The van der Waals surface area contributed by atoms with Gasteiger partial charge in [-0.1, -0.05) is 170 Å². The molecule has 6 nitrogen and oxygen atoms in total. The fourth-order valence-electron chi connectivity index (χ4n) is 8.46. The van der Waals surface area contributed by atoms with E-state index in [0.29, 0.717) is 17.5 Å². The Labute approximate surface area is 362 Å². The molecule has 0 aliphatic heterocycles. The van der Waals surface area contributed by atoms with Crippen LogP contribution in [0.25, 0.3) is 123 Å². The first-order valence-electron chi connectivity index (χ1n) is 21.0. The van der Waals surface area contributed by atoms with Gasteiger partial charge in [0, 0.05) is 27.5 Å². The van der Waals surface area contributed by atoms with Crippen molar-refractivity contribution in [3.8, 4) is 78.7 Å². The van der Waals surface area contributed by atoms with Gasteiger partial charge in [-0.3, -0.25) is 0 Å². The monoisotopic (exact) mass is 805 g/mol. The van der Waals surface area contributed by atoms with Crippen LogP contribution in [0.2, 0.25) is 0 Å². The molecule has 0 saturated heterocycles. The molecule has 0 radical (unpaired) electrons. The van der Waals surface area contributed by atoms with Crippen LogP contribution in [0.5, 0.6) is 0 Å². The summed E-state index contributed by atoms with van der Waals surface area (Å²) in [7, 11) is 0. The van der Waals surface area contributed by atoms with Gasteiger partial charge in [-0.15, -0.1) is 0 Å². The number of rotatable bonds is 7. The summed E-state index contributed by atoms with van der Waals surface area (Å²) in [6.07, 6.45) is 0. The SMILES string of the molecule is c1ccc(-c2ccc(-c3nc(-c4ccccc4)nc(-c4cccc(-c5cccc(-c6ccc(-c7ccc8nc9ccc%10c%11ccccc%11oc%10c9nc8c7)cc6)c5)c4)n3)cc2)cc1. The summed E-state index contributed by atoms with van der Waals surface area (Å²) >= 11 is 0. The summed E-state index contributed by atoms with van der Waals surface area (Å²) in [4.78, 5) is 25.1. The van der Waals surface area contributed by atoms with Crippen LogP contribution in [-0.2, 0) is 0 Å². The van der Waals surface area contributed by atoms with Crippen molar-refractivity contribution in [2.45, 2.75) is 0 Å². The molecule has 0 aliphatic carbocycles. The Kier molecular flexibility index (Phi) is 8.71. The second-order valence-corrected chi connectivity index (χ2v) is 15.7. The van der Waals surface area contributed by atoms with E-state index in [1.165, 1.54) is 5.56 Å². The molecule has 0 spiro atoms. The van der Waals surface area contributed by atoms with Crippen LogP contribution in [0.15, 0.2) is 217 Å². The maximum atomic E-state index is 6.29. The highest BCUT2D eigenvalue weighted by Gasteiger charge is 2.16. The largest absolute Gasteiger partial charge is 0.454 e. The molecular formula is C57H35N5O. The molecule has 0 fully saturated rings. The zero-order chi connectivity index (χ0) is 41.7. The highest BCUT2D eigenvalue weighted by Crippen LogP contribution is 2.36. The van der Waals surface area contributed by atoms with Crippen molar-refractivity contribution < 1.29 is 4.42 Å². The van der Waals surface area contributed by atoms with Gasteiger partial charge in [-0.2, -0.15) is 0 Å². The van der Waals surface area contributed by atoms with Crippen molar-refractivity contribution in [2.75, 3.05) is 0 Å². The zero-order valence-corrected chi connectivity index (χ0v) is 33.9. The quantitative estimate of drug-likeness (QED) is 0.149. The predicted octanol–water partition coefficient (Wildman–Crippen LogP) is 14.5. The molecule has 63 heavy (non-hydrogen) atoms. The first kappa shape index (κ1) is 36.3. The number of aromatic nitrogens is 5. The van der Waals surface area contributed by atoms with Gasteiger partial charge < -0.3 is 4.42 Å². The van der Waals surface area contributed by atoms with Gasteiger partial charge in [0.15, 0.2) is 23.1 Å². The minimum absolute atomic E-state index is 0.621. The normalized spacial score (nSPS) is 11.5. The Hall–Kier alpha value is -8.61. The third-order valence-electron chi connectivity index (χ3n) is 11.7. The fourth-order valence-corrected chi connectivity index (χ4v) is 8.46. The minimum Gasteiger partial charge on any atom is -0.454 e. The van der Waals surface area contributed by atoms with Crippen LogP contribution in [-0.4, -0.2) is 24.9 Å². The van der Waals surface area contributed by atoms with Gasteiger partial charge >= 0.3 is 0 Å². The van der Waals surface area contributed by atoms with E-state index in [1.54, 1.807) is 0 Å². The molecule has 0 atom stereocenters. The lowest BCUT2D eigenvalue weighted by Crippen LogP contribution is -2.00. The molecule has 294 valence electrons. The molecule has 0 saturated carbocycles. The molecule has 6 heteroatoms. The second-order valence-electron chi connectivity index (χ2n) is 15.7. The summed E-state index contributed by atoms with van der Waals surface area (Å²) in [6, 6.07) is 73.2. The Bertz CT molecular complexity index is 3660. The van der Waals surface area contributed by atoms with Crippen molar-refractivity contribution in [3.05, 3.63) is 212 Å². The van der Waals surface area contributed by atoms with E-state index >= 15 is 0 Å². The van der Waals surface area contributed by atoms with Crippen molar-refractivity contribution in [3.63, 3.8) is 0 Å². The number of furan rings is 1. The standard InChI is InChI=1S/C57H35N5O/c1-3-11-36(12-4-1)37-25-27-41(28-26-37)56-60-55(40-13-5-2-6-14-40)61-57(62-56)46-18-10-17-44(34-46)43-16-9-15-42(33-43)38-21-23-39(24-22-38)45-29-31-49-51(35-45)59-53-50(58-49)32-30-48-47-19-7-8-20-52(47)63-54(48)53/h1-35H. The predicted molar refractivity (Wildman–Crippen MR) is 256 cm³/mol. The molecule has 0 unspecified atom stereocenters. The molecule has 3 heterocycles. The molecule has 9 aromatic carbocycles. The average molecular weight is 806 g/mol. The number of nitrogens with zero attached hydrogens (tertiary/aromatic N) is 5. The highest BCUT2D eigenvalue weighted by molar-refractivity contribution is 6.14. The maximum Gasteiger partial charge on any atom is 0.164 e. The molecule has 3 aromatic heterocycles. The van der Waals surface area contributed by atoms with Gasteiger partial charge in [0.05, 0.1) is 16.6 Å². The van der Waals surface area contributed by atoms with E-state index < -0.39 is 0 Å². The first-order chi connectivity index (χ1) is 31.2. The van der Waals surface area contributed by atoms with E-state index in [4.69, 9.17) is 29.3 Å². The van der Waals surface area contributed by atoms with Gasteiger partial charge in [-0.25, -0.2) is 24.9 Å². The summed E-state index contributed by atoms with van der Waals surface area (Å²) in [6.45, 7) is 0. The van der Waals surface area contributed by atoms with Crippen molar-refractivity contribution in [2.24, 2.45) is 0 Å². The summed E-state index contributed by atoms with van der Waals surface area (Å²) in [5.74, 6) is 1.88. The number of para-hydroxylation sites is 1. The lowest BCUT2D eigenvalue weighted by atomic mass is 9.96. The van der Waals surface area contributed by atoms with E-state index in [2.05, 4.69) is 152 Å². The Morgan fingerprint density at radius 1 is 0.254 bits per heavy atom. The molecule has 0 amide bonds. The van der Waals surface area contributed by atoms with Crippen LogP contribution in [0.3, 0.4) is 0 Å². The topological polar surface area (TPSA) is 77.6 Å². The van der Waals surface area contributed by atoms with Gasteiger partial charge in [0.1, 0.15) is 11.1 Å². The lowest BCUT2D eigenvalue weighted by Gasteiger charge is -2.11. The van der Waals surface area contributed by atoms with Crippen LogP contribution in [0.4, 0.5) is 0 Å². The van der Waals surface area contributed by atoms with Gasteiger partial charge in [0.2, 0.25) is 0 Å². The van der Waals surface area contributed by atoms with Crippen molar-refractivity contribution in [1.29, 1.82) is 0 Å². The van der Waals surface area contributed by atoms with Gasteiger partial charge in [-0.05, 0) is 87.0 Å². The highest BCUT2D eigenvalue weighted by atomic mass is 16.3. The van der Waals surface area contributed by atoms with Gasteiger partial charge in [0.25, 0.3) is 0 Å². The third-order valence-corrected chi connectivity index (χ3v) is 11.7. The van der Waals surface area contributed by atoms with Crippen LogP contribution >= 0.6 is 0 Å². The molecular weight excluding hydrogens is 771 g/mol. The second kappa shape index (κ2) is 15.1. The maximum absolute atomic E-state index is 6.29. The van der Waals surface area contributed by atoms with E-state index in [0.717, 1.165) is 99.6 Å². The molecule has 0 N–H and O–H groups in total. The van der Waals surface area contributed by atoms with Crippen molar-refractivity contribution in [1.82, 2.24) is 24.9 Å². The minimum atomic E-state index is 0.621. The van der Waals surface area contributed by atoms with E-state index in [9.17, 15) is 0 Å². The van der Waals surface area contributed by atoms with Crippen LogP contribution in [0, 0.1) is 0 Å². The van der Waals surface area contributed by atoms with Crippen LogP contribution in [0.1, 0.15) is 0 Å². The Morgan fingerprint density at radius 2 is 0.698 bits per heavy atom. The lowest BCUT2D eigenvalue weighted by molar-refractivity contribution is 0.671. The summed E-state index contributed by atoms with van der Waals surface area (Å²) < 4.78 is 6.29. The summed E-state index contributed by atoms with van der Waals surface area (Å²) in [5, 5.41) is 2.13. The molecule has 0 aliphatic rings. The number of benzene rings is 9. The van der Waals surface area contributed by atoms with Crippen LogP contribution < -0.4 is 0 Å². The zero-order valence-electron chi connectivity index (χ0n) is 33.9. The van der Waals surface area contributed by atoms with E-state index in [1.807, 2.05) is 60.7 Å². The van der Waals surface area contributed by atoms with Crippen molar-refractivity contribution >= 4 is 44.0 Å². The smallest absolute Gasteiger partial charge is 0.164 e. The Morgan fingerprint density at radius 3 is 1.38 bits per heavy atom. The third kappa shape index (κ3) is 6.76. The molecule has 12 aromatic rings. The summed E-state index contributed by atoms with van der Waals surface area (Å²) in [5.41, 5.74) is 16.6. The average Bonchev–Trinajstić information content (AvgIpc) is 3.76. The Balaban J connectivity index is 0.847.